The number of carbonyl (C=O) groups is 1. The number of urea groups is 1. The molecule has 30 heavy (non-hydrogen) atoms. The van der Waals surface area contributed by atoms with Crippen molar-refractivity contribution in [2.45, 2.75) is 20.4 Å². The highest BCUT2D eigenvalue weighted by atomic mass is 16.7. The van der Waals surface area contributed by atoms with E-state index in [1.54, 1.807) is 9.63 Å². The predicted octanol–water partition coefficient (Wildman–Crippen LogP) is 2.32. The van der Waals surface area contributed by atoms with Crippen molar-refractivity contribution in [3.63, 3.8) is 0 Å². The van der Waals surface area contributed by atoms with E-state index < -0.39 is 0 Å². The molecule has 2 heterocycles. The van der Waals surface area contributed by atoms with Crippen molar-refractivity contribution < 1.29 is 9.63 Å². The number of hydrogen-bond donors (Lipinski definition) is 1. The Morgan fingerprint density at radius 2 is 2.00 bits per heavy atom. The van der Waals surface area contributed by atoms with Crippen LogP contribution in [0.1, 0.15) is 18.1 Å². The zero-order valence-corrected chi connectivity index (χ0v) is 17.4. The summed E-state index contributed by atoms with van der Waals surface area (Å²) >= 11 is 0. The summed E-state index contributed by atoms with van der Waals surface area (Å²) in [5.41, 5.74) is 3.13. The molecule has 0 unspecified atom stereocenters. The molecule has 0 bridgehead atoms. The number of carbonyl (C=O) groups excluding carboxylic acids is 1. The largest absolute Gasteiger partial charge is 0.411 e. The number of aromatic nitrogens is 2. The average molecular weight is 407 g/mol. The van der Waals surface area contributed by atoms with Crippen LogP contribution in [0.4, 0.5) is 16.4 Å². The highest BCUT2D eigenvalue weighted by Crippen LogP contribution is 2.22. The maximum Gasteiger partial charge on any atom is 0.321 e. The van der Waals surface area contributed by atoms with Gasteiger partial charge in [0.25, 0.3) is 5.56 Å². The van der Waals surface area contributed by atoms with Crippen LogP contribution < -0.4 is 25.5 Å². The molecule has 1 N–H and O–H groups in total. The number of amides is 2. The van der Waals surface area contributed by atoms with Gasteiger partial charge >= 0.3 is 6.03 Å². The van der Waals surface area contributed by atoms with Crippen LogP contribution in [0, 0.1) is 6.92 Å². The maximum atomic E-state index is 12.7. The lowest BCUT2D eigenvalue weighted by Gasteiger charge is -2.24. The maximum absolute atomic E-state index is 12.7. The SMILES string of the molecule is CCOn1c(N(C)Cc2cccc(N3CCNC3=O)c2)nc(=O)c2c(C)cccc21. The number of hydrogen-bond acceptors (Lipinski definition) is 5. The summed E-state index contributed by atoms with van der Waals surface area (Å²) in [7, 11) is 1.87. The molecular weight excluding hydrogens is 382 g/mol. The molecule has 0 saturated carbocycles. The van der Waals surface area contributed by atoms with Gasteiger partial charge < -0.3 is 15.1 Å². The molecule has 2 aromatic carbocycles. The van der Waals surface area contributed by atoms with Gasteiger partial charge in [-0.2, -0.15) is 4.98 Å². The van der Waals surface area contributed by atoms with E-state index in [0.29, 0.717) is 43.1 Å². The van der Waals surface area contributed by atoms with Crippen molar-refractivity contribution in [2.24, 2.45) is 0 Å². The van der Waals surface area contributed by atoms with Crippen LogP contribution in [-0.4, -0.2) is 42.5 Å². The van der Waals surface area contributed by atoms with Crippen molar-refractivity contribution >= 4 is 28.6 Å². The van der Waals surface area contributed by atoms with Gasteiger partial charge in [-0.1, -0.05) is 24.3 Å². The molecule has 156 valence electrons. The minimum Gasteiger partial charge on any atom is -0.411 e. The summed E-state index contributed by atoms with van der Waals surface area (Å²) in [6.45, 7) is 6.02. The van der Waals surface area contributed by atoms with E-state index in [2.05, 4.69) is 10.3 Å². The van der Waals surface area contributed by atoms with Gasteiger partial charge in [0, 0.05) is 32.4 Å². The number of fused-ring (bicyclic) bond motifs is 1. The smallest absolute Gasteiger partial charge is 0.321 e. The molecule has 0 atom stereocenters. The lowest BCUT2D eigenvalue weighted by molar-refractivity contribution is 0.131. The fourth-order valence-electron chi connectivity index (χ4n) is 3.78. The zero-order valence-electron chi connectivity index (χ0n) is 17.4. The Bertz CT molecular complexity index is 1160. The Hall–Kier alpha value is -3.55. The summed E-state index contributed by atoms with van der Waals surface area (Å²) in [5.74, 6) is 0.435. The van der Waals surface area contributed by atoms with E-state index >= 15 is 0 Å². The Kier molecular flexibility index (Phi) is 5.31. The second kappa shape index (κ2) is 8.06. The fourth-order valence-corrected chi connectivity index (χ4v) is 3.78. The Morgan fingerprint density at radius 1 is 1.20 bits per heavy atom. The van der Waals surface area contributed by atoms with E-state index in [1.165, 1.54) is 0 Å². The minimum absolute atomic E-state index is 0.0859. The molecule has 0 spiro atoms. The van der Waals surface area contributed by atoms with Crippen LogP contribution in [-0.2, 0) is 6.54 Å². The van der Waals surface area contributed by atoms with Gasteiger partial charge in [-0.25, -0.2) is 4.79 Å². The number of benzene rings is 2. The first-order valence-corrected chi connectivity index (χ1v) is 10.0. The van der Waals surface area contributed by atoms with Crippen LogP contribution in [0.5, 0.6) is 0 Å². The predicted molar refractivity (Wildman–Crippen MR) is 117 cm³/mol. The Balaban J connectivity index is 1.70. The van der Waals surface area contributed by atoms with Crippen molar-refractivity contribution in [1.82, 2.24) is 15.0 Å². The van der Waals surface area contributed by atoms with Gasteiger partial charge in [0.2, 0.25) is 5.95 Å². The third-order valence-corrected chi connectivity index (χ3v) is 5.17. The van der Waals surface area contributed by atoms with Gasteiger partial charge in [-0.15, -0.1) is 4.73 Å². The van der Waals surface area contributed by atoms with Crippen LogP contribution >= 0.6 is 0 Å². The first-order chi connectivity index (χ1) is 14.5. The number of rotatable bonds is 6. The molecule has 1 fully saturated rings. The standard InChI is InChI=1S/C22H25N5O3/c1-4-30-27-18-10-5-7-15(2)19(18)20(28)24-21(27)25(3)14-16-8-6-9-17(13-16)26-12-11-23-22(26)29/h5-10,13H,4,11-12,14H2,1-3H3,(H,23,29). The fraction of sp³-hybridized carbons (Fsp3) is 0.318. The summed E-state index contributed by atoms with van der Waals surface area (Å²) in [4.78, 5) is 38.5. The quantitative estimate of drug-likeness (QED) is 0.678. The third-order valence-electron chi connectivity index (χ3n) is 5.17. The summed E-state index contributed by atoms with van der Waals surface area (Å²) in [5, 5.41) is 3.38. The van der Waals surface area contributed by atoms with Crippen molar-refractivity contribution in [3.05, 3.63) is 63.9 Å². The molecule has 1 aliphatic rings. The molecule has 8 heteroatoms. The second-order valence-corrected chi connectivity index (χ2v) is 7.31. The molecule has 0 radical (unpaired) electrons. The summed E-state index contributed by atoms with van der Waals surface area (Å²) in [6, 6.07) is 13.4. The number of nitrogens with one attached hydrogen (secondary N) is 1. The van der Waals surface area contributed by atoms with E-state index in [4.69, 9.17) is 4.84 Å². The lowest BCUT2D eigenvalue weighted by atomic mass is 10.1. The van der Waals surface area contributed by atoms with Gasteiger partial charge in [0.15, 0.2) is 0 Å². The monoisotopic (exact) mass is 407 g/mol. The number of anilines is 2. The van der Waals surface area contributed by atoms with Gasteiger partial charge in [-0.05, 0) is 43.2 Å². The van der Waals surface area contributed by atoms with Crippen LogP contribution in [0.25, 0.3) is 10.9 Å². The topological polar surface area (TPSA) is 79.7 Å². The van der Waals surface area contributed by atoms with E-state index in [0.717, 1.165) is 16.8 Å². The Labute approximate surface area is 174 Å². The van der Waals surface area contributed by atoms with Crippen LogP contribution in [0.2, 0.25) is 0 Å². The zero-order chi connectivity index (χ0) is 21.3. The molecular formula is C22H25N5O3. The molecule has 1 aromatic heterocycles. The van der Waals surface area contributed by atoms with Gasteiger partial charge in [0.05, 0.1) is 10.9 Å². The first kappa shape index (κ1) is 19.8. The summed E-state index contributed by atoms with van der Waals surface area (Å²) in [6.07, 6.45) is 0. The molecule has 4 rings (SSSR count). The molecule has 1 saturated heterocycles. The minimum atomic E-state index is -0.275. The number of aryl methyl sites for hydroxylation is 1. The van der Waals surface area contributed by atoms with Crippen LogP contribution in [0.15, 0.2) is 47.3 Å². The molecule has 0 aliphatic carbocycles. The van der Waals surface area contributed by atoms with Gasteiger partial charge in [0.1, 0.15) is 6.61 Å². The third kappa shape index (κ3) is 3.56. The van der Waals surface area contributed by atoms with Crippen molar-refractivity contribution in [3.8, 4) is 0 Å². The number of nitrogens with zero attached hydrogens (tertiary/aromatic N) is 4. The van der Waals surface area contributed by atoms with E-state index in [1.807, 2.05) is 68.3 Å². The second-order valence-electron chi connectivity index (χ2n) is 7.31. The average Bonchev–Trinajstić information content (AvgIpc) is 3.16. The van der Waals surface area contributed by atoms with Crippen molar-refractivity contribution in [2.75, 3.05) is 36.5 Å². The molecule has 2 amide bonds. The van der Waals surface area contributed by atoms with Crippen LogP contribution in [0.3, 0.4) is 0 Å². The first-order valence-electron chi connectivity index (χ1n) is 10.0. The Morgan fingerprint density at radius 3 is 2.73 bits per heavy atom. The highest BCUT2D eigenvalue weighted by molar-refractivity contribution is 5.94. The van der Waals surface area contributed by atoms with E-state index in [-0.39, 0.29) is 11.6 Å². The summed E-state index contributed by atoms with van der Waals surface area (Å²) < 4.78 is 1.63. The highest BCUT2D eigenvalue weighted by Gasteiger charge is 2.22. The lowest BCUT2D eigenvalue weighted by Crippen LogP contribution is -2.30. The van der Waals surface area contributed by atoms with Crippen molar-refractivity contribution in [1.29, 1.82) is 0 Å². The van der Waals surface area contributed by atoms with Gasteiger partial charge in [-0.3, -0.25) is 9.69 Å². The molecule has 8 nitrogen and oxygen atoms in total. The molecule has 1 aliphatic heterocycles. The van der Waals surface area contributed by atoms with E-state index in [9.17, 15) is 9.59 Å². The normalized spacial score (nSPS) is 13.6. The molecule has 3 aromatic rings.